The molecule has 4 rings (SSSR count). The summed E-state index contributed by atoms with van der Waals surface area (Å²) in [6, 6.07) is 16.1. The third-order valence-corrected chi connectivity index (χ3v) is 7.35. The van der Waals surface area contributed by atoms with Crippen molar-refractivity contribution in [2.24, 2.45) is 0 Å². The van der Waals surface area contributed by atoms with Gasteiger partial charge >= 0.3 is 5.97 Å². The first-order valence-electron chi connectivity index (χ1n) is 10.7. The van der Waals surface area contributed by atoms with Gasteiger partial charge in [0.1, 0.15) is 11.9 Å². The number of rotatable bonds is 6. The van der Waals surface area contributed by atoms with Crippen molar-refractivity contribution in [3.8, 4) is 17.0 Å². The molecular formula is C25H26N2O5S. The lowest BCUT2D eigenvalue weighted by molar-refractivity contribution is -0.141. The molecule has 0 N–H and O–H groups in total. The van der Waals surface area contributed by atoms with Crippen LogP contribution in [0, 0.1) is 13.8 Å². The molecule has 172 valence electrons. The van der Waals surface area contributed by atoms with Gasteiger partial charge in [0.25, 0.3) is 10.0 Å². The van der Waals surface area contributed by atoms with Gasteiger partial charge in [0.15, 0.2) is 0 Å². The number of anilines is 1. The van der Waals surface area contributed by atoms with Crippen molar-refractivity contribution in [2.45, 2.75) is 37.7 Å². The van der Waals surface area contributed by atoms with E-state index in [2.05, 4.69) is 4.98 Å². The smallest absolute Gasteiger partial charge is 0.305 e. The van der Waals surface area contributed by atoms with Gasteiger partial charge in [0, 0.05) is 18.2 Å². The third-order valence-electron chi connectivity index (χ3n) is 5.58. The van der Waals surface area contributed by atoms with E-state index in [9.17, 15) is 13.2 Å². The SMILES string of the molecule is COC(=O)CC[C@H]1CN(S(=O)(=O)c2cccc(C)c2)c2cc(-c3cc(C)ccn3)ccc2O1. The topological polar surface area (TPSA) is 85.8 Å². The van der Waals surface area contributed by atoms with Crippen LogP contribution in [0.4, 0.5) is 5.69 Å². The van der Waals surface area contributed by atoms with Crippen LogP contribution in [-0.2, 0) is 19.6 Å². The average molecular weight is 467 g/mol. The molecule has 1 aliphatic rings. The molecular weight excluding hydrogens is 440 g/mol. The van der Waals surface area contributed by atoms with Gasteiger partial charge in [0.05, 0.1) is 29.9 Å². The quantitative estimate of drug-likeness (QED) is 0.504. The van der Waals surface area contributed by atoms with Gasteiger partial charge in [-0.25, -0.2) is 8.42 Å². The lowest BCUT2D eigenvalue weighted by atomic mass is 10.1. The van der Waals surface area contributed by atoms with Crippen LogP contribution in [0.3, 0.4) is 0 Å². The number of aromatic nitrogens is 1. The Morgan fingerprint density at radius 2 is 1.91 bits per heavy atom. The van der Waals surface area contributed by atoms with Gasteiger partial charge in [-0.2, -0.15) is 0 Å². The molecule has 0 bridgehead atoms. The van der Waals surface area contributed by atoms with Crippen LogP contribution in [0.1, 0.15) is 24.0 Å². The first-order chi connectivity index (χ1) is 15.8. The van der Waals surface area contributed by atoms with Gasteiger partial charge < -0.3 is 9.47 Å². The maximum atomic E-state index is 13.7. The van der Waals surface area contributed by atoms with Crippen molar-refractivity contribution in [3.05, 3.63) is 71.9 Å². The molecule has 33 heavy (non-hydrogen) atoms. The molecule has 1 aliphatic heterocycles. The molecule has 3 aromatic rings. The fraction of sp³-hybridized carbons (Fsp3) is 0.280. The molecule has 0 saturated carbocycles. The summed E-state index contributed by atoms with van der Waals surface area (Å²) in [7, 11) is -2.54. The van der Waals surface area contributed by atoms with E-state index >= 15 is 0 Å². The second kappa shape index (κ2) is 9.23. The van der Waals surface area contributed by atoms with E-state index < -0.39 is 16.1 Å². The number of carbonyl (C=O) groups excluding carboxylic acids is 1. The van der Waals surface area contributed by atoms with Gasteiger partial charge in [-0.05, 0) is 73.9 Å². The Kier molecular flexibility index (Phi) is 6.37. The zero-order valence-corrected chi connectivity index (χ0v) is 19.6. The molecule has 7 nitrogen and oxygen atoms in total. The Morgan fingerprint density at radius 1 is 1.12 bits per heavy atom. The highest BCUT2D eigenvalue weighted by atomic mass is 32.2. The number of pyridine rings is 1. The number of aryl methyl sites for hydroxylation is 2. The lowest BCUT2D eigenvalue weighted by Gasteiger charge is -2.35. The van der Waals surface area contributed by atoms with Crippen LogP contribution >= 0.6 is 0 Å². The molecule has 2 heterocycles. The molecule has 0 unspecified atom stereocenters. The molecule has 1 aromatic heterocycles. The zero-order chi connectivity index (χ0) is 23.6. The third kappa shape index (κ3) is 4.85. The number of nitrogens with zero attached hydrogens (tertiary/aromatic N) is 2. The van der Waals surface area contributed by atoms with Crippen molar-refractivity contribution >= 4 is 21.7 Å². The molecule has 0 spiro atoms. The Bertz CT molecular complexity index is 1290. The minimum atomic E-state index is -3.87. The number of hydrogen-bond donors (Lipinski definition) is 0. The van der Waals surface area contributed by atoms with Gasteiger partial charge in [-0.1, -0.05) is 12.1 Å². The van der Waals surface area contributed by atoms with Crippen LogP contribution < -0.4 is 9.04 Å². The van der Waals surface area contributed by atoms with Crippen molar-refractivity contribution in [2.75, 3.05) is 18.0 Å². The van der Waals surface area contributed by atoms with Crippen LogP contribution in [0.2, 0.25) is 0 Å². The number of hydrogen-bond acceptors (Lipinski definition) is 6. The van der Waals surface area contributed by atoms with E-state index in [4.69, 9.17) is 9.47 Å². The average Bonchev–Trinajstić information content (AvgIpc) is 2.81. The van der Waals surface area contributed by atoms with Crippen LogP contribution in [0.25, 0.3) is 11.3 Å². The van der Waals surface area contributed by atoms with E-state index in [1.807, 2.05) is 38.1 Å². The highest BCUT2D eigenvalue weighted by Gasteiger charge is 2.35. The number of methoxy groups -OCH3 is 1. The lowest BCUT2D eigenvalue weighted by Crippen LogP contribution is -2.43. The van der Waals surface area contributed by atoms with E-state index in [1.54, 1.807) is 36.5 Å². The highest BCUT2D eigenvalue weighted by Crippen LogP contribution is 2.40. The minimum Gasteiger partial charge on any atom is -0.486 e. The summed E-state index contributed by atoms with van der Waals surface area (Å²) in [5, 5.41) is 0. The van der Waals surface area contributed by atoms with E-state index in [0.717, 1.165) is 22.4 Å². The number of fused-ring (bicyclic) bond motifs is 1. The maximum Gasteiger partial charge on any atom is 0.305 e. The highest BCUT2D eigenvalue weighted by molar-refractivity contribution is 7.92. The fourth-order valence-corrected chi connectivity index (χ4v) is 5.43. The number of ether oxygens (including phenoxy) is 2. The molecule has 8 heteroatoms. The monoisotopic (exact) mass is 466 g/mol. The van der Waals surface area contributed by atoms with Crippen LogP contribution in [0.15, 0.2) is 65.7 Å². The zero-order valence-electron chi connectivity index (χ0n) is 18.8. The normalized spacial score (nSPS) is 15.5. The predicted octanol–water partition coefficient (Wildman–Crippen LogP) is 4.27. The summed E-state index contributed by atoms with van der Waals surface area (Å²) in [5.74, 6) is 0.0853. The standard InChI is InChI=1S/C25H26N2O5S/c1-17-5-4-6-21(13-17)33(29,30)27-16-20(8-10-25(28)31-3)32-24-9-7-19(15-23(24)27)22-14-18(2)11-12-26-22/h4-7,9,11-15,20H,8,10,16H2,1-3H3/t20-/m0/s1. The van der Waals surface area contributed by atoms with E-state index in [-0.39, 0.29) is 23.8 Å². The van der Waals surface area contributed by atoms with Gasteiger partial charge in [-0.15, -0.1) is 0 Å². The summed E-state index contributed by atoms with van der Waals surface area (Å²) in [5.41, 5.74) is 3.90. The number of carbonyl (C=O) groups is 1. The molecule has 0 amide bonds. The summed E-state index contributed by atoms with van der Waals surface area (Å²) in [6.45, 7) is 3.92. The van der Waals surface area contributed by atoms with E-state index in [1.165, 1.54) is 11.4 Å². The summed E-state index contributed by atoms with van der Waals surface area (Å²) in [4.78, 5) is 16.3. The summed E-state index contributed by atoms with van der Waals surface area (Å²) >= 11 is 0. The second-order valence-corrected chi connectivity index (χ2v) is 9.97. The molecule has 0 radical (unpaired) electrons. The Balaban J connectivity index is 1.78. The summed E-state index contributed by atoms with van der Waals surface area (Å²) < 4.78 is 39.6. The minimum absolute atomic E-state index is 0.0883. The molecule has 0 saturated heterocycles. The number of sulfonamides is 1. The summed E-state index contributed by atoms with van der Waals surface area (Å²) in [6.07, 6.45) is 1.72. The second-order valence-electron chi connectivity index (χ2n) is 8.11. The fourth-order valence-electron chi connectivity index (χ4n) is 3.83. The molecule has 1 atom stereocenters. The van der Waals surface area contributed by atoms with Crippen molar-refractivity contribution < 1.29 is 22.7 Å². The van der Waals surface area contributed by atoms with Crippen LogP contribution in [0.5, 0.6) is 5.75 Å². The van der Waals surface area contributed by atoms with Crippen molar-refractivity contribution in [3.63, 3.8) is 0 Å². The van der Waals surface area contributed by atoms with E-state index in [0.29, 0.717) is 17.9 Å². The van der Waals surface area contributed by atoms with Gasteiger partial charge in [0.2, 0.25) is 0 Å². The Labute approximate surface area is 194 Å². The largest absolute Gasteiger partial charge is 0.486 e. The van der Waals surface area contributed by atoms with Crippen molar-refractivity contribution in [1.29, 1.82) is 0 Å². The number of benzene rings is 2. The van der Waals surface area contributed by atoms with Crippen molar-refractivity contribution in [1.82, 2.24) is 4.98 Å². The van der Waals surface area contributed by atoms with Gasteiger partial charge in [-0.3, -0.25) is 14.1 Å². The first-order valence-corrected chi connectivity index (χ1v) is 12.1. The van der Waals surface area contributed by atoms with Crippen LogP contribution in [-0.4, -0.2) is 39.1 Å². The molecule has 0 aliphatic carbocycles. The molecule has 2 aromatic carbocycles. The Morgan fingerprint density at radius 3 is 2.64 bits per heavy atom. The number of esters is 1. The maximum absolute atomic E-state index is 13.7. The predicted molar refractivity (Wildman–Crippen MR) is 126 cm³/mol. The first kappa shape index (κ1) is 22.8. The Hall–Kier alpha value is -3.39. The molecule has 0 fully saturated rings.